The fraction of sp³-hybridized carbons (Fsp3) is 0.308. The monoisotopic (exact) mass is 277 g/mol. The van der Waals surface area contributed by atoms with E-state index in [-0.39, 0.29) is 5.63 Å². The van der Waals surface area contributed by atoms with Crippen molar-refractivity contribution in [3.05, 3.63) is 51.7 Å². The Hall–Kier alpha value is -1.88. The van der Waals surface area contributed by atoms with Gasteiger partial charge in [-0.3, -0.25) is 0 Å². The smallest absolute Gasteiger partial charge is 0.340 e. The summed E-state index contributed by atoms with van der Waals surface area (Å²) < 4.78 is 5.15. The summed E-state index contributed by atoms with van der Waals surface area (Å²) in [4.78, 5) is 21.4. The number of aromatic nitrogens is 2. The first-order chi connectivity index (χ1) is 9.22. The van der Waals surface area contributed by atoms with E-state index >= 15 is 0 Å². The van der Waals surface area contributed by atoms with Gasteiger partial charge in [0.15, 0.2) is 0 Å². The number of hydrogen-bond acceptors (Lipinski definition) is 5. The second kappa shape index (κ2) is 5.01. The lowest BCUT2D eigenvalue weighted by atomic mass is 10.2. The molecule has 0 radical (unpaired) electrons. The van der Waals surface area contributed by atoms with Crippen LogP contribution >= 0.6 is 11.6 Å². The Morgan fingerprint density at radius 2 is 2.16 bits per heavy atom. The SMILES string of the molecule is O=c1ccnc(N(Cc2ccc(Cl)nc2)C2CC2)o1. The number of halogens is 1. The minimum atomic E-state index is -0.384. The fourth-order valence-electron chi connectivity index (χ4n) is 1.88. The minimum absolute atomic E-state index is 0.366. The molecule has 19 heavy (non-hydrogen) atoms. The highest BCUT2D eigenvalue weighted by molar-refractivity contribution is 6.29. The van der Waals surface area contributed by atoms with Crippen LogP contribution in [0.2, 0.25) is 5.15 Å². The molecule has 1 fully saturated rings. The summed E-state index contributed by atoms with van der Waals surface area (Å²) in [5.74, 6) is 0. The van der Waals surface area contributed by atoms with Crippen LogP contribution < -0.4 is 10.5 Å². The van der Waals surface area contributed by atoms with Crippen molar-refractivity contribution in [2.45, 2.75) is 25.4 Å². The van der Waals surface area contributed by atoms with Gasteiger partial charge >= 0.3 is 11.6 Å². The zero-order valence-electron chi connectivity index (χ0n) is 10.1. The van der Waals surface area contributed by atoms with Gasteiger partial charge in [0.05, 0.1) is 0 Å². The van der Waals surface area contributed by atoms with Crippen molar-refractivity contribution in [1.82, 2.24) is 9.97 Å². The zero-order valence-corrected chi connectivity index (χ0v) is 10.9. The third-order valence-corrected chi connectivity index (χ3v) is 3.19. The Morgan fingerprint density at radius 3 is 2.79 bits per heavy atom. The summed E-state index contributed by atoms with van der Waals surface area (Å²) in [6, 6.07) is 5.71. The Kier molecular flexibility index (Phi) is 3.21. The average molecular weight is 278 g/mol. The van der Waals surface area contributed by atoms with E-state index in [0.29, 0.717) is 23.8 Å². The molecule has 2 heterocycles. The first-order valence-corrected chi connectivity index (χ1v) is 6.43. The topological polar surface area (TPSA) is 59.2 Å². The predicted octanol–water partition coefficient (Wildman–Crippen LogP) is 2.25. The molecule has 0 amide bonds. The molecule has 5 nitrogen and oxygen atoms in total. The molecular weight excluding hydrogens is 266 g/mol. The van der Waals surface area contributed by atoms with Crippen LogP contribution in [0.4, 0.5) is 6.01 Å². The van der Waals surface area contributed by atoms with E-state index in [0.717, 1.165) is 18.4 Å². The summed E-state index contributed by atoms with van der Waals surface area (Å²) in [7, 11) is 0. The molecule has 0 saturated heterocycles. The molecular formula is C13H12ClN3O2. The zero-order chi connectivity index (χ0) is 13.2. The molecule has 98 valence electrons. The van der Waals surface area contributed by atoms with Crippen molar-refractivity contribution in [3.8, 4) is 0 Å². The molecule has 0 spiro atoms. The van der Waals surface area contributed by atoms with Crippen LogP contribution in [0.25, 0.3) is 0 Å². The molecule has 0 N–H and O–H groups in total. The molecule has 3 rings (SSSR count). The number of nitrogens with zero attached hydrogens (tertiary/aromatic N) is 3. The van der Waals surface area contributed by atoms with E-state index in [1.165, 1.54) is 12.3 Å². The second-order valence-corrected chi connectivity index (χ2v) is 4.88. The van der Waals surface area contributed by atoms with E-state index in [9.17, 15) is 4.79 Å². The maximum atomic E-state index is 11.3. The van der Waals surface area contributed by atoms with Gasteiger partial charge in [-0.25, -0.2) is 14.8 Å². The Balaban J connectivity index is 1.85. The quantitative estimate of drug-likeness (QED) is 0.802. The Bertz CT molecular complexity index is 622. The lowest BCUT2D eigenvalue weighted by molar-refractivity contribution is 0.472. The van der Waals surface area contributed by atoms with Crippen molar-refractivity contribution < 1.29 is 4.42 Å². The van der Waals surface area contributed by atoms with Crippen molar-refractivity contribution in [2.24, 2.45) is 0 Å². The molecule has 6 heteroatoms. The Morgan fingerprint density at radius 1 is 1.32 bits per heavy atom. The first kappa shape index (κ1) is 12.2. The normalized spacial score (nSPS) is 14.4. The standard InChI is InChI=1S/C13H12ClN3O2/c14-11-4-1-9(7-16-11)8-17(10-2-3-10)13-15-6-5-12(18)19-13/h1,4-7,10H,2-3,8H2. The van der Waals surface area contributed by atoms with Gasteiger partial charge < -0.3 is 9.32 Å². The fourth-order valence-corrected chi connectivity index (χ4v) is 1.99. The summed E-state index contributed by atoms with van der Waals surface area (Å²) in [5.41, 5.74) is 0.620. The number of anilines is 1. The van der Waals surface area contributed by atoms with Crippen LogP contribution in [0.5, 0.6) is 0 Å². The van der Waals surface area contributed by atoms with Gasteiger partial charge in [-0.2, -0.15) is 0 Å². The maximum absolute atomic E-state index is 11.3. The highest BCUT2D eigenvalue weighted by Gasteiger charge is 2.31. The lowest BCUT2D eigenvalue weighted by Gasteiger charge is -2.20. The van der Waals surface area contributed by atoms with Crippen LogP contribution in [0.3, 0.4) is 0 Å². The predicted molar refractivity (Wildman–Crippen MR) is 71.2 cm³/mol. The number of rotatable bonds is 4. The highest BCUT2D eigenvalue weighted by atomic mass is 35.5. The van der Waals surface area contributed by atoms with E-state index < -0.39 is 0 Å². The summed E-state index contributed by atoms with van der Waals surface area (Å²) >= 11 is 5.76. The van der Waals surface area contributed by atoms with Gasteiger partial charge in [0.2, 0.25) is 0 Å². The molecule has 2 aromatic heterocycles. The molecule has 0 bridgehead atoms. The van der Waals surface area contributed by atoms with Crippen molar-refractivity contribution in [3.63, 3.8) is 0 Å². The van der Waals surface area contributed by atoms with Crippen molar-refractivity contribution in [2.75, 3.05) is 4.90 Å². The number of hydrogen-bond donors (Lipinski definition) is 0. The van der Waals surface area contributed by atoms with E-state index in [1.54, 1.807) is 12.3 Å². The van der Waals surface area contributed by atoms with Crippen LogP contribution in [0, 0.1) is 0 Å². The lowest BCUT2D eigenvalue weighted by Crippen LogP contribution is -2.27. The summed E-state index contributed by atoms with van der Waals surface area (Å²) in [6.07, 6.45) is 5.36. The third-order valence-electron chi connectivity index (χ3n) is 2.96. The van der Waals surface area contributed by atoms with E-state index in [1.807, 2.05) is 11.0 Å². The van der Waals surface area contributed by atoms with Crippen LogP contribution in [-0.2, 0) is 6.54 Å². The van der Waals surface area contributed by atoms with Gasteiger partial charge in [-0.15, -0.1) is 0 Å². The molecule has 1 aliphatic rings. The molecule has 1 aliphatic carbocycles. The van der Waals surface area contributed by atoms with Crippen LogP contribution in [0.1, 0.15) is 18.4 Å². The summed E-state index contributed by atoms with van der Waals surface area (Å²) in [5, 5.41) is 0.464. The van der Waals surface area contributed by atoms with Crippen LogP contribution in [-0.4, -0.2) is 16.0 Å². The molecule has 0 unspecified atom stereocenters. The van der Waals surface area contributed by atoms with Gasteiger partial charge in [-0.05, 0) is 24.5 Å². The van der Waals surface area contributed by atoms with Crippen molar-refractivity contribution >= 4 is 17.6 Å². The molecule has 0 aromatic carbocycles. The van der Waals surface area contributed by atoms with Crippen LogP contribution in [0.15, 0.2) is 39.8 Å². The van der Waals surface area contributed by atoms with Gasteiger partial charge in [-0.1, -0.05) is 17.7 Å². The first-order valence-electron chi connectivity index (χ1n) is 6.05. The van der Waals surface area contributed by atoms with Gasteiger partial charge in [0.1, 0.15) is 5.15 Å². The molecule has 0 atom stereocenters. The maximum Gasteiger partial charge on any atom is 0.340 e. The van der Waals surface area contributed by atoms with E-state index in [4.69, 9.17) is 16.0 Å². The number of pyridine rings is 1. The van der Waals surface area contributed by atoms with Crippen molar-refractivity contribution in [1.29, 1.82) is 0 Å². The molecule has 0 aliphatic heterocycles. The Labute approximate surface area is 114 Å². The second-order valence-electron chi connectivity index (χ2n) is 4.50. The highest BCUT2D eigenvalue weighted by Crippen LogP contribution is 2.31. The molecule has 1 saturated carbocycles. The molecule has 2 aromatic rings. The summed E-state index contributed by atoms with van der Waals surface area (Å²) in [6.45, 7) is 0.606. The largest absolute Gasteiger partial charge is 0.389 e. The minimum Gasteiger partial charge on any atom is -0.389 e. The van der Waals surface area contributed by atoms with Gasteiger partial charge in [0.25, 0.3) is 0 Å². The van der Waals surface area contributed by atoms with Gasteiger partial charge in [0, 0.05) is 31.0 Å². The average Bonchev–Trinajstić information content (AvgIpc) is 3.22. The van der Waals surface area contributed by atoms with E-state index in [2.05, 4.69) is 9.97 Å². The third kappa shape index (κ3) is 2.93.